The van der Waals surface area contributed by atoms with Crippen molar-refractivity contribution in [2.75, 3.05) is 13.1 Å². The largest absolute Gasteiger partial charge is 0.463 e. The first-order valence-electron chi connectivity index (χ1n) is 6.85. The van der Waals surface area contributed by atoms with E-state index >= 15 is 0 Å². The van der Waals surface area contributed by atoms with Crippen LogP contribution in [0.3, 0.4) is 0 Å². The van der Waals surface area contributed by atoms with E-state index in [1.54, 1.807) is 0 Å². The van der Waals surface area contributed by atoms with Crippen LogP contribution in [0.2, 0.25) is 0 Å². The standard InChI is InChI=1S/C15H23N3O2/c1-12(2)20-14(19)9-11-18-15(16)17-10-8-13-6-4-3-5-7-13/h3-7,12H,8-11H2,1-2H3,(H3,16,17,18). The molecule has 0 heterocycles. The van der Waals surface area contributed by atoms with Crippen molar-refractivity contribution in [1.82, 2.24) is 5.32 Å². The van der Waals surface area contributed by atoms with Crippen molar-refractivity contribution in [2.45, 2.75) is 32.8 Å². The van der Waals surface area contributed by atoms with Crippen molar-refractivity contribution in [2.24, 2.45) is 10.7 Å². The average molecular weight is 277 g/mol. The number of guanidine groups is 1. The molecule has 0 aliphatic heterocycles. The molecule has 1 rings (SSSR count). The minimum atomic E-state index is -0.249. The summed E-state index contributed by atoms with van der Waals surface area (Å²) in [6.07, 6.45) is 1.04. The zero-order valence-electron chi connectivity index (χ0n) is 12.1. The Morgan fingerprint density at radius 3 is 2.70 bits per heavy atom. The fourth-order valence-corrected chi connectivity index (χ4v) is 1.62. The number of nitrogens with one attached hydrogen (secondary N) is 1. The molecule has 0 unspecified atom stereocenters. The fraction of sp³-hybridized carbons (Fsp3) is 0.467. The number of nitrogens with zero attached hydrogens (tertiary/aromatic N) is 1. The monoisotopic (exact) mass is 277 g/mol. The highest BCUT2D eigenvalue weighted by Gasteiger charge is 2.04. The first-order chi connectivity index (χ1) is 9.58. The lowest BCUT2D eigenvalue weighted by Gasteiger charge is -2.07. The van der Waals surface area contributed by atoms with E-state index in [9.17, 15) is 4.79 Å². The molecule has 1 aromatic rings. The van der Waals surface area contributed by atoms with Gasteiger partial charge in [-0.25, -0.2) is 0 Å². The van der Waals surface area contributed by atoms with Gasteiger partial charge in [-0.1, -0.05) is 30.3 Å². The average Bonchev–Trinajstić information content (AvgIpc) is 2.39. The van der Waals surface area contributed by atoms with Crippen molar-refractivity contribution in [3.63, 3.8) is 0 Å². The number of benzene rings is 1. The van der Waals surface area contributed by atoms with Crippen LogP contribution in [0.5, 0.6) is 0 Å². The van der Waals surface area contributed by atoms with Gasteiger partial charge in [-0.2, -0.15) is 0 Å². The quantitative estimate of drug-likeness (QED) is 0.449. The number of carbonyl (C=O) groups excluding carboxylic acids is 1. The summed E-state index contributed by atoms with van der Waals surface area (Å²) in [5.74, 6) is 0.110. The van der Waals surface area contributed by atoms with E-state index in [-0.39, 0.29) is 18.5 Å². The summed E-state index contributed by atoms with van der Waals surface area (Å²) < 4.78 is 5.00. The second-order valence-corrected chi connectivity index (χ2v) is 4.72. The van der Waals surface area contributed by atoms with Gasteiger partial charge < -0.3 is 15.8 Å². The summed E-state index contributed by atoms with van der Waals surface area (Å²) in [7, 11) is 0. The smallest absolute Gasteiger partial charge is 0.307 e. The molecule has 0 aliphatic carbocycles. The molecule has 0 saturated carbocycles. The van der Waals surface area contributed by atoms with Crippen LogP contribution >= 0.6 is 0 Å². The third-order valence-electron chi connectivity index (χ3n) is 2.53. The van der Waals surface area contributed by atoms with Crippen molar-refractivity contribution < 1.29 is 9.53 Å². The number of nitrogens with two attached hydrogens (primary N) is 1. The number of carbonyl (C=O) groups is 1. The fourth-order valence-electron chi connectivity index (χ4n) is 1.62. The van der Waals surface area contributed by atoms with Crippen LogP contribution in [-0.4, -0.2) is 31.1 Å². The number of esters is 1. The minimum Gasteiger partial charge on any atom is -0.463 e. The lowest BCUT2D eigenvalue weighted by atomic mass is 10.1. The lowest BCUT2D eigenvalue weighted by Crippen LogP contribution is -2.33. The van der Waals surface area contributed by atoms with Gasteiger partial charge in [0.15, 0.2) is 5.96 Å². The van der Waals surface area contributed by atoms with Gasteiger partial charge in [-0.05, 0) is 25.8 Å². The number of ether oxygens (including phenoxy) is 1. The van der Waals surface area contributed by atoms with E-state index in [0.717, 1.165) is 13.0 Å². The van der Waals surface area contributed by atoms with Gasteiger partial charge in [0, 0.05) is 6.54 Å². The molecule has 0 aromatic heterocycles. The lowest BCUT2D eigenvalue weighted by molar-refractivity contribution is -0.147. The predicted molar refractivity (Wildman–Crippen MR) is 80.5 cm³/mol. The summed E-state index contributed by atoms with van der Waals surface area (Å²) in [4.78, 5) is 15.4. The van der Waals surface area contributed by atoms with E-state index in [1.165, 1.54) is 5.56 Å². The van der Waals surface area contributed by atoms with Gasteiger partial charge in [-0.15, -0.1) is 0 Å². The molecule has 0 atom stereocenters. The molecule has 110 valence electrons. The molecule has 0 bridgehead atoms. The molecule has 3 N–H and O–H groups in total. The highest BCUT2D eigenvalue weighted by Crippen LogP contribution is 1.98. The maximum absolute atomic E-state index is 11.3. The van der Waals surface area contributed by atoms with Crippen molar-refractivity contribution in [3.05, 3.63) is 35.9 Å². The molecule has 20 heavy (non-hydrogen) atoms. The van der Waals surface area contributed by atoms with Gasteiger partial charge in [0.25, 0.3) is 0 Å². The number of hydrogen-bond donors (Lipinski definition) is 2. The summed E-state index contributed by atoms with van der Waals surface area (Å²) >= 11 is 0. The van der Waals surface area contributed by atoms with Gasteiger partial charge in [0.2, 0.25) is 0 Å². The van der Waals surface area contributed by atoms with Crippen molar-refractivity contribution in [1.29, 1.82) is 0 Å². The third-order valence-corrected chi connectivity index (χ3v) is 2.53. The number of hydrogen-bond acceptors (Lipinski definition) is 3. The van der Waals surface area contributed by atoms with E-state index < -0.39 is 0 Å². The van der Waals surface area contributed by atoms with Crippen LogP contribution in [0.25, 0.3) is 0 Å². The van der Waals surface area contributed by atoms with E-state index in [2.05, 4.69) is 22.4 Å². The molecular weight excluding hydrogens is 254 g/mol. The zero-order chi connectivity index (χ0) is 14.8. The molecular formula is C15H23N3O2. The molecule has 5 nitrogen and oxygen atoms in total. The Hall–Kier alpha value is -2.04. The van der Waals surface area contributed by atoms with E-state index in [4.69, 9.17) is 10.5 Å². The van der Waals surface area contributed by atoms with Crippen molar-refractivity contribution in [3.8, 4) is 0 Å². The van der Waals surface area contributed by atoms with Gasteiger partial charge >= 0.3 is 5.97 Å². The first-order valence-corrected chi connectivity index (χ1v) is 6.85. The predicted octanol–water partition coefficient (Wildman–Crippen LogP) is 1.48. The zero-order valence-corrected chi connectivity index (χ0v) is 12.1. The summed E-state index contributed by atoms with van der Waals surface area (Å²) in [5, 5.41) is 3.02. The molecule has 0 spiro atoms. The number of rotatable bonds is 7. The minimum absolute atomic E-state index is 0.0900. The van der Waals surface area contributed by atoms with Crippen molar-refractivity contribution >= 4 is 11.9 Å². The van der Waals surface area contributed by atoms with Crippen LogP contribution in [0.15, 0.2) is 35.3 Å². The third kappa shape index (κ3) is 7.41. The SMILES string of the molecule is CC(C)OC(=O)CCN=C(N)NCCc1ccccc1. The molecule has 0 aliphatic rings. The Labute approximate surface area is 120 Å². The van der Waals surface area contributed by atoms with Crippen LogP contribution in [-0.2, 0) is 16.0 Å². The highest BCUT2D eigenvalue weighted by molar-refractivity contribution is 5.78. The Kier molecular flexibility index (Phi) is 7.17. The number of aliphatic imine (C=N–C) groups is 1. The topological polar surface area (TPSA) is 76.7 Å². The maximum Gasteiger partial charge on any atom is 0.307 e. The molecule has 0 saturated heterocycles. The van der Waals surface area contributed by atoms with E-state index in [0.29, 0.717) is 12.5 Å². The Morgan fingerprint density at radius 2 is 2.05 bits per heavy atom. The highest BCUT2D eigenvalue weighted by atomic mass is 16.5. The molecule has 0 amide bonds. The van der Waals surface area contributed by atoms with Crippen LogP contribution < -0.4 is 11.1 Å². The first kappa shape index (κ1) is 16.0. The van der Waals surface area contributed by atoms with E-state index in [1.807, 2.05) is 32.0 Å². The summed E-state index contributed by atoms with van der Waals surface area (Å²) in [5.41, 5.74) is 6.96. The van der Waals surface area contributed by atoms with Gasteiger partial charge in [0.05, 0.1) is 19.1 Å². The maximum atomic E-state index is 11.3. The van der Waals surface area contributed by atoms with Crippen LogP contribution in [0.4, 0.5) is 0 Å². The van der Waals surface area contributed by atoms with Gasteiger partial charge in [-0.3, -0.25) is 9.79 Å². The van der Waals surface area contributed by atoms with Gasteiger partial charge in [0.1, 0.15) is 0 Å². The van der Waals surface area contributed by atoms with Crippen LogP contribution in [0.1, 0.15) is 25.8 Å². The second-order valence-electron chi connectivity index (χ2n) is 4.72. The Balaban J connectivity index is 2.17. The molecule has 0 radical (unpaired) electrons. The normalized spacial score (nSPS) is 11.4. The molecule has 1 aromatic carbocycles. The Morgan fingerprint density at radius 1 is 1.35 bits per heavy atom. The molecule has 5 heteroatoms. The summed E-state index contributed by atoms with van der Waals surface area (Å²) in [6, 6.07) is 10.1. The molecule has 0 fully saturated rings. The second kappa shape index (κ2) is 8.96. The summed E-state index contributed by atoms with van der Waals surface area (Å²) in [6.45, 7) is 4.70. The Bertz CT molecular complexity index is 430. The van der Waals surface area contributed by atoms with Crippen LogP contribution in [0, 0.1) is 0 Å².